The molecule has 0 fully saturated rings. The molecule has 0 saturated carbocycles. The second-order valence-corrected chi connectivity index (χ2v) is 5.77. The van der Waals surface area contributed by atoms with Gasteiger partial charge >= 0.3 is 0 Å². The summed E-state index contributed by atoms with van der Waals surface area (Å²) in [7, 11) is 4.14. The Morgan fingerprint density at radius 2 is 1.71 bits per heavy atom. The quantitative estimate of drug-likeness (QED) is 0.865. The number of anilines is 1. The van der Waals surface area contributed by atoms with Crippen molar-refractivity contribution in [1.82, 2.24) is 4.90 Å². The van der Waals surface area contributed by atoms with E-state index in [-0.39, 0.29) is 5.82 Å². The minimum Gasteiger partial charge on any atom is -0.382 e. The van der Waals surface area contributed by atoms with Crippen LogP contribution < -0.4 is 5.32 Å². The summed E-state index contributed by atoms with van der Waals surface area (Å²) in [5, 5.41) is 3.56. The number of para-hydroxylation sites is 1. The summed E-state index contributed by atoms with van der Waals surface area (Å²) in [5.74, 6) is -0.185. The summed E-state index contributed by atoms with van der Waals surface area (Å²) in [6.07, 6.45) is 0.872. The van der Waals surface area contributed by atoms with Crippen molar-refractivity contribution < 1.29 is 4.39 Å². The molecule has 0 amide bonds. The molecule has 2 rings (SSSR count). The molecule has 0 spiro atoms. The average molecular weight is 286 g/mol. The Bertz CT molecular complexity index is 564. The van der Waals surface area contributed by atoms with E-state index in [9.17, 15) is 4.39 Å². The van der Waals surface area contributed by atoms with Gasteiger partial charge in [0.1, 0.15) is 5.82 Å². The van der Waals surface area contributed by atoms with E-state index in [0.717, 1.165) is 18.5 Å². The number of rotatable bonds is 6. The van der Waals surface area contributed by atoms with Gasteiger partial charge in [0.2, 0.25) is 0 Å². The maximum absolute atomic E-state index is 12.9. The number of nitrogens with zero attached hydrogens (tertiary/aromatic N) is 1. The molecule has 112 valence electrons. The van der Waals surface area contributed by atoms with Gasteiger partial charge in [0.15, 0.2) is 0 Å². The zero-order valence-corrected chi connectivity index (χ0v) is 12.9. The van der Waals surface area contributed by atoms with E-state index in [4.69, 9.17) is 0 Å². The number of nitrogens with one attached hydrogen (secondary N) is 1. The lowest BCUT2D eigenvalue weighted by Gasteiger charge is -2.20. The van der Waals surface area contributed by atoms with Crippen LogP contribution in [-0.2, 0) is 13.0 Å². The zero-order valence-electron chi connectivity index (χ0n) is 12.9. The highest BCUT2D eigenvalue weighted by molar-refractivity contribution is 5.51. The summed E-state index contributed by atoms with van der Waals surface area (Å²) >= 11 is 0. The molecule has 1 N–H and O–H groups in total. The van der Waals surface area contributed by atoms with Gasteiger partial charge in [0.25, 0.3) is 0 Å². The molecule has 0 aliphatic carbocycles. The largest absolute Gasteiger partial charge is 0.382 e. The Morgan fingerprint density at radius 1 is 1.05 bits per heavy atom. The van der Waals surface area contributed by atoms with Crippen molar-refractivity contribution in [1.29, 1.82) is 0 Å². The third-order valence-corrected chi connectivity index (χ3v) is 3.36. The van der Waals surface area contributed by atoms with Crippen molar-refractivity contribution >= 4 is 5.69 Å². The SMILES string of the molecule is CC(Cc1ccc(F)cc1)Nc1ccccc1CN(C)C. The fourth-order valence-electron chi connectivity index (χ4n) is 2.43. The van der Waals surface area contributed by atoms with Gasteiger partial charge in [-0.3, -0.25) is 0 Å². The van der Waals surface area contributed by atoms with Crippen molar-refractivity contribution in [3.05, 3.63) is 65.5 Å². The average Bonchev–Trinajstić information content (AvgIpc) is 2.43. The molecular formula is C18H23FN2. The van der Waals surface area contributed by atoms with Gasteiger partial charge < -0.3 is 10.2 Å². The lowest BCUT2D eigenvalue weighted by Crippen LogP contribution is -2.20. The van der Waals surface area contributed by atoms with Gasteiger partial charge in [-0.05, 0) is 56.8 Å². The molecule has 1 atom stereocenters. The zero-order chi connectivity index (χ0) is 15.2. The van der Waals surface area contributed by atoms with E-state index in [1.165, 1.54) is 23.4 Å². The van der Waals surface area contributed by atoms with Crippen molar-refractivity contribution in [3.8, 4) is 0 Å². The van der Waals surface area contributed by atoms with Crippen molar-refractivity contribution in [3.63, 3.8) is 0 Å². The van der Waals surface area contributed by atoms with Crippen molar-refractivity contribution in [2.24, 2.45) is 0 Å². The van der Waals surface area contributed by atoms with E-state index >= 15 is 0 Å². The van der Waals surface area contributed by atoms with Crippen LogP contribution in [0.25, 0.3) is 0 Å². The first-order valence-electron chi connectivity index (χ1n) is 7.28. The van der Waals surface area contributed by atoms with Crippen LogP contribution in [0.3, 0.4) is 0 Å². The molecule has 0 aliphatic heterocycles. The minimum atomic E-state index is -0.185. The molecule has 21 heavy (non-hydrogen) atoms. The first-order chi connectivity index (χ1) is 10.0. The van der Waals surface area contributed by atoms with E-state index in [2.05, 4.69) is 49.4 Å². The van der Waals surface area contributed by atoms with E-state index < -0.39 is 0 Å². The molecule has 0 heterocycles. The van der Waals surface area contributed by atoms with E-state index in [1.54, 1.807) is 0 Å². The Kier molecular flexibility index (Phi) is 5.34. The highest BCUT2D eigenvalue weighted by Crippen LogP contribution is 2.18. The van der Waals surface area contributed by atoms with E-state index in [1.807, 2.05) is 18.2 Å². The highest BCUT2D eigenvalue weighted by Gasteiger charge is 2.08. The monoisotopic (exact) mass is 286 g/mol. The molecule has 2 aromatic rings. The lowest BCUT2D eigenvalue weighted by atomic mass is 10.1. The standard InChI is InChI=1S/C18H23FN2/c1-14(12-15-8-10-17(19)11-9-15)20-18-7-5-4-6-16(18)13-21(2)3/h4-11,14,20H,12-13H2,1-3H3. The van der Waals surface area contributed by atoms with E-state index in [0.29, 0.717) is 6.04 Å². The van der Waals surface area contributed by atoms with Crippen molar-refractivity contribution in [2.45, 2.75) is 25.9 Å². The van der Waals surface area contributed by atoms with Crippen LogP contribution in [0, 0.1) is 5.82 Å². The van der Waals surface area contributed by atoms with Gasteiger partial charge in [0.05, 0.1) is 0 Å². The molecule has 2 aromatic carbocycles. The highest BCUT2D eigenvalue weighted by atomic mass is 19.1. The predicted molar refractivity (Wildman–Crippen MR) is 87.0 cm³/mol. The fourth-order valence-corrected chi connectivity index (χ4v) is 2.43. The topological polar surface area (TPSA) is 15.3 Å². The molecule has 0 saturated heterocycles. The summed E-state index contributed by atoms with van der Waals surface area (Å²) in [6.45, 7) is 3.06. The lowest BCUT2D eigenvalue weighted by molar-refractivity contribution is 0.403. The number of hydrogen-bond acceptors (Lipinski definition) is 2. The fraction of sp³-hybridized carbons (Fsp3) is 0.333. The molecule has 2 nitrogen and oxygen atoms in total. The van der Waals surface area contributed by atoms with Gasteiger partial charge in [-0.2, -0.15) is 0 Å². The van der Waals surface area contributed by atoms with Crippen molar-refractivity contribution in [2.75, 3.05) is 19.4 Å². The minimum absolute atomic E-state index is 0.185. The normalized spacial score (nSPS) is 12.4. The summed E-state index contributed by atoms with van der Waals surface area (Å²) < 4.78 is 12.9. The first-order valence-corrected chi connectivity index (χ1v) is 7.28. The summed E-state index contributed by atoms with van der Waals surface area (Å²) in [4.78, 5) is 2.16. The van der Waals surface area contributed by atoms with Crippen LogP contribution in [0.15, 0.2) is 48.5 Å². The van der Waals surface area contributed by atoms with Gasteiger partial charge in [-0.1, -0.05) is 30.3 Å². The summed E-state index contributed by atoms with van der Waals surface area (Å²) in [6, 6.07) is 15.4. The molecule has 0 radical (unpaired) electrons. The smallest absolute Gasteiger partial charge is 0.123 e. The number of halogens is 1. The van der Waals surface area contributed by atoms with Gasteiger partial charge in [0, 0.05) is 18.3 Å². The molecular weight excluding hydrogens is 263 g/mol. The Hall–Kier alpha value is -1.87. The molecule has 0 aliphatic rings. The summed E-state index contributed by atoms with van der Waals surface area (Å²) in [5.41, 5.74) is 3.59. The van der Waals surface area contributed by atoms with Crippen LogP contribution in [-0.4, -0.2) is 25.0 Å². The van der Waals surface area contributed by atoms with Crippen LogP contribution >= 0.6 is 0 Å². The Labute approximate surface area is 126 Å². The third-order valence-electron chi connectivity index (χ3n) is 3.36. The van der Waals surface area contributed by atoms with Gasteiger partial charge in [-0.15, -0.1) is 0 Å². The van der Waals surface area contributed by atoms with Gasteiger partial charge in [-0.25, -0.2) is 4.39 Å². The maximum atomic E-state index is 12.9. The van der Waals surface area contributed by atoms with Crippen LogP contribution in [0.2, 0.25) is 0 Å². The van der Waals surface area contributed by atoms with Crippen LogP contribution in [0.1, 0.15) is 18.1 Å². The number of benzene rings is 2. The second-order valence-electron chi connectivity index (χ2n) is 5.77. The third kappa shape index (κ3) is 4.87. The maximum Gasteiger partial charge on any atom is 0.123 e. The molecule has 0 aromatic heterocycles. The second kappa shape index (κ2) is 7.23. The predicted octanol–water partition coefficient (Wildman–Crippen LogP) is 3.93. The molecule has 0 bridgehead atoms. The first kappa shape index (κ1) is 15.5. The van der Waals surface area contributed by atoms with Crippen LogP contribution in [0.5, 0.6) is 0 Å². The Morgan fingerprint density at radius 3 is 2.38 bits per heavy atom. The molecule has 1 unspecified atom stereocenters. The van der Waals surface area contributed by atoms with Crippen LogP contribution in [0.4, 0.5) is 10.1 Å². The molecule has 3 heteroatoms. The number of hydrogen-bond donors (Lipinski definition) is 1. The Balaban J connectivity index is 2.02.